The van der Waals surface area contributed by atoms with E-state index in [4.69, 9.17) is 4.74 Å². The molecule has 0 radical (unpaired) electrons. The molecule has 0 heterocycles. The number of hydrogen-bond donors (Lipinski definition) is 0. The second-order valence-corrected chi connectivity index (χ2v) is 4.67. The van der Waals surface area contributed by atoms with Crippen molar-refractivity contribution in [3.8, 4) is 0 Å². The van der Waals surface area contributed by atoms with Crippen LogP contribution < -0.4 is 0 Å². The first-order valence-corrected chi connectivity index (χ1v) is 6.10. The highest BCUT2D eigenvalue weighted by Gasteiger charge is 2.28. The fraction of sp³-hybridized carbons (Fsp3) is 0.900. The van der Waals surface area contributed by atoms with Gasteiger partial charge < -0.3 is 4.74 Å². The van der Waals surface area contributed by atoms with Gasteiger partial charge in [0.1, 0.15) is 0 Å². The Morgan fingerprint density at radius 3 is 2.54 bits per heavy atom. The van der Waals surface area contributed by atoms with Crippen LogP contribution in [0.2, 0.25) is 0 Å². The molecule has 0 saturated carbocycles. The summed E-state index contributed by atoms with van der Waals surface area (Å²) in [5.41, 5.74) is -0.340. The Labute approximate surface area is 85.4 Å². The summed E-state index contributed by atoms with van der Waals surface area (Å²) in [7, 11) is 0. The van der Waals surface area contributed by atoms with E-state index in [1.807, 2.05) is 20.1 Å². The maximum absolute atomic E-state index is 11.5. The second-order valence-electron chi connectivity index (χ2n) is 3.81. The number of carbonyl (C=O) groups excluding carboxylic acids is 1. The van der Waals surface area contributed by atoms with Gasteiger partial charge in [-0.25, -0.2) is 0 Å². The van der Waals surface area contributed by atoms with Crippen LogP contribution in [0.15, 0.2) is 0 Å². The van der Waals surface area contributed by atoms with Crippen molar-refractivity contribution in [3.63, 3.8) is 0 Å². The standard InChI is InChI=1S/C10H20O2S/c1-5-6-7-12-9(11)10(2,3)8-13-4/h5-8H2,1-4H3. The van der Waals surface area contributed by atoms with Crippen LogP contribution >= 0.6 is 11.8 Å². The Kier molecular flexibility index (Phi) is 6.21. The van der Waals surface area contributed by atoms with E-state index >= 15 is 0 Å². The molecule has 0 aromatic heterocycles. The lowest BCUT2D eigenvalue weighted by atomic mass is 9.97. The third kappa shape index (κ3) is 5.19. The molecule has 0 amide bonds. The molecule has 0 saturated heterocycles. The van der Waals surface area contributed by atoms with Crippen LogP contribution in [0.5, 0.6) is 0 Å². The number of hydrogen-bond acceptors (Lipinski definition) is 3. The van der Waals surface area contributed by atoms with E-state index in [0.717, 1.165) is 18.6 Å². The van der Waals surface area contributed by atoms with Gasteiger partial charge in [0.05, 0.1) is 12.0 Å². The monoisotopic (exact) mass is 204 g/mol. The topological polar surface area (TPSA) is 26.3 Å². The first kappa shape index (κ1) is 12.8. The molecule has 0 bridgehead atoms. The van der Waals surface area contributed by atoms with E-state index < -0.39 is 0 Å². The molecular formula is C10H20O2S. The Morgan fingerprint density at radius 1 is 1.46 bits per heavy atom. The van der Waals surface area contributed by atoms with Gasteiger partial charge in [0, 0.05) is 5.75 Å². The van der Waals surface area contributed by atoms with E-state index in [1.54, 1.807) is 11.8 Å². The number of carbonyl (C=O) groups is 1. The van der Waals surface area contributed by atoms with E-state index in [2.05, 4.69) is 6.92 Å². The Morgan fingerprint density at radius 2 is 2.08 bits per heavy atom. The summed E-state index contributed by atoms with van der Waals surface area (Å²) in [5, 5.41) is 0. The molecule has 0 aliphatic heterocycles. The van der Waals surface area contributed by atoms with Gasteiger partial charge in [0.2, 0.25) is 0 Å². The molecule has 13 heavy (non-hydrogen) atoms. The van der Waals surface area contributed by atoms with Gasteiger partial charge >= 0.3 is 5.97 Å². The molecule has 0 aromatic rings. The zero-order chi connectivity index (χ0) is 10.3. The third-order valence-corrected chi connectivity index (χ3v) is 2.80. The predicted octanol–water partition coefficient (Wildman–Crippen LogP) is 2.72. The van der Waals surface area contributed by atoms with Crippen LogP contribution in [-0.2, 0) is 9.53 Å². The Hall–Kier alpha value is -0.180. The van der Waals surface area contributed by atoms with Gasteiger partial charge in [-0.3, -0.25) is 4.79 Å². The van der Waals surface area contributed by atoms with Crippen molar-refractivity contribution in [1.82, 2.24) is 0 Å². The first-order valence-electron chi connectivity index (χ1n) is 4.70. The number of ether oxygens (including phenoxy) is 1. The van der Waals surface area contributed by atoms with Crippen molar-refractivity contribution in [2.75, 3.05) is 18.6 Å². The average molecular weight is 204 g/mol. The lowest BCUT2D eigenvalue weighted by molar-refractivity contribution is -0.152. The summed E-state index contributed by atoms with van der Waals surface area (Å²) in [6, 6.07) is 0. The summed E-state index contributed by atoms with van der Waals surface area (Å²) in [4.78, 5) is 11.5. The number of unbranched alkanes of at least 4 members (excludes halogenated alkanes) is 1. The zero-order valence-electron chi connectivity index (χ0n) is 9.05. The van der Waals surface area contributed by atoms with Crippen LogP contribution in [0, 0.1) is 5.41 Å². The number of thioether (sulfide) groups is 1. The first-order chi connectivity index (χ1) is 6.04. The van der Waals surface area contributed by atoms with Crippen LogP contribution in [0.1, 0.15) is 33.6 Å². The minimum atomic E-state index is -0.340. The molecule has 2 nitrogen and oxygen atoms in total. The van der Waals surface area contributed by atoms with Crippen LogP contribution in [0.25, 0.3) is 0 Å². The third-order valence-electron chi connectivity index (χ3n) is 1.79. The fourth-order valence-corrected chi connectivity index (χ4v) is 1.76. The highest BCUT2D eigenvalue weighted by Crippen LogP contribution is 2.22. The van der Waals surface area contributed by atoms with Gasteiger partial charge in [-0.2, -0.15) is 11.8 Å². The van der Waals surface area contributed by atoms with Gasteiger partial charge in [-0.05, 0) is 26.5 Å². The number of rotatable bonds is 6. The fourth-order valence-electron chi connectivity index (χ4n) is 0.924. The molecule has 78 valence electrons. The predicted molar refractivity (Wildman–Crippen MR) is 58.0 cm³/mol. The summed E-state index contributed by atoms with van der Waals surface area (Å²) in [6.07, 6.45) is 4.03. The van der Waals surface area contributed by atoms with Gasteiger partial charge in [-0.1, -0.05) is 13.3 Å². The molecular weight excluding hydrogens is 184 g/mol. The Bertz CT molecular complexity index is 155. The van der Waals surface area contributed by atoms with Crippen LogP contribution in [0.3, 0.4) is 0 Å². The summed E-state index contributed by atoms with van der Waals surface area (Å²) >= 11 is 1.68. The molecule has 0 unspecified atom stereocenters. The molecule has 0 aliphatic carbocycles. The minimum absolute atomic E-state index is 0.0738. The zero-order valence-corrected chi connectivity index (χ0v) is 9.87. The van der Waals surface area contributed by atoms with E-state index in [1.165, 1.54) is 0 Å². The van der Waals surface area contributed by atoms with Crippen molar-refractivity contribution in [2.24, 2.45) is 5.41 Å². The molecule has 0 rings (SSSR count). The summed E-state index contributed by atoms with van der Waals surface area (Å²) < 4.78 is 5.15. The molecule has 3 heteroatoms. The lowest BCUT2D eigenvalue weighted by Crippen LogP contribution is -2.29. The SMILES string of the molecule is CCCCOC(=O)C(C)(C)CSC. The largest absolute Gasteiger partial charge is 0.465 e. The average Bonchev–Trinajstić information content (AvgIpc) is 2.04. The van der Waals surface area contributed by atoms with E-state index in [9.17, 15) is 4.79 Å². The molecule has 0 aliphatic rings. The Balaban J connectivity index is 3.80. The van der Waals surface area contributed by atoms with E-state index in [-0.39, 0.29) is 11.4 Å². The van der Waals surface area contributed by atoms with Crippen molar-refractivity contribution in [2.45, 2.75) is 33.6 Å². The van der Waals surface area contributed by atoms with Gasteiger partial charge in [0.15, 0.2) is 0 Å². The molecule has 0 fully saturated rings. The number of esters is 1. The molecule has 0 aromatic carbocycles. The van der Waals surface area contributed by atoms with Crippen LogP contribution in [-0.4, -0.2) is 24.6 Å². The van der Waals surface area contributed by atoms with Crippen molar-refractivity contribution in [1.29, 1.82) is 0 Å². The van der Waals surface area contributed by atoms with Crippen molar-refractivity contribution < 1.29 is 9.53 Å². The second kappa shape index (κ2) is 6.30. The molecule has 0 N–H and O–H groups in total. The molecule has 0 atom stereocenters. The van der Waals surface area contributed by atoms with Crippen LogP contribution in [0.4, 0.5) is 0 Å². The lowest BCUT2D eigenvalue weighted by Gasteiger charge is -2.21. The van der Waals surface area contributed by atoms with E-state index in [0.29, 0.717) is 6.61 Å². The quantitative estimate of drug-likeness (QED) is 0.491. The summed E-state index contributed by atoms with van der Waals surface area (Å²) in [5.74, 6) is 0.744. The highest BCUT2D eigenvalue weighted by atomic mass is 32.2. The molecule has 0 spiro atoms. The smallest absolute Gasteiger partial charge is 0.312 e. The maximum Gasteiger partial charge on any atom is 0.312 e. The summed E-state index contributed by atoms with van der Waals surface area (Å²) in [6.45, 7) is 6.50. The van der Waals surface area contributed by atoms with Gasteiger partial charge in [-0.15, -0.1) is 0 Å². The maximum atomic E-state index is 11.5. The highest BCUT2D eigenvalue weighted by molar-refractivity contribution is 7.98. The van der Waals surface area contributed by atoms with Gasteiger partial charge in [0.25, 0.3) is 0 Å². The van der Waals surface area contributed by atoms with Crippen molar-refractivity contribution >= 4 is 17.7 Å². The van der Waals surface area contributed by atoms with Crippen molar-refractivity contribution in [3.05, 3.63) is 0 Å². The normalized spacial score (nSPS) is 11.4. The minimum Gasteiger partial charge on any atom is -0.465 e.